The Kier molecular flexibility index (Phi) is 14.9. The molecule has 0 atom stereocenters. The van der Waals surface area contributed by atoms with E-state index in [-0.39, 0.29) is 32.7 Å². The minimum atomic E-state index is 0. The second-order valence-corrected chi connectivity index (χ2v) is 0.546. The molecule has 0 aliphatic heterocycles. The van der Waals surface area contributed by atoms with E-state index in [0.29, 0.717) is 0 Å². The molecule has 1 radical (unpaired) electrons. The van der Waals surface area contributed by atoms with Gasteiger partial charge in [-0.15, -0.1) is 5.16 Å². The van der Waals surface area contributed by atoms with Crippen LogP contribution in [0.2, 0.25) is 0 Å². The van der Waals surface area contributed by atoms with Gasteiger partial charge in [-0.1, -0.05) is 0 Å². The number of nitrogens with zero attached hydrogens (tertiary/aromatic N) is 1. The number of oxime groups is 1. The van der Waals surface area contributed by atoms with Crippen LogP contribution < -0.4 is 0 Å². The fraction of sp³-hybridized carbons (Fsp3) is 0.667. The number of hydrogen-bond acceptors (Lipinski definition) is 2. The molecule has 2 nitrogen and oxygen atoms in total. The van der Waals surface area contributed by atoms with Crippen molar-refractivity contribution in [1.82, 2.24) is 0 Å². The molecule has 0 heterocycles. The van der Waals surface area contributed by atoms with Crippen molar-refractivity contribution in [2.75, 3.05) is 7.11 Å². The molecular weight excluding hydrogens is 155 g/mol. The topological polar surface area (TPSA) is 21.6 Å². The fourth-order valence-electron chi connectivity index (χ4n) is 0.105. The maximum absolute atomic E-state index is 4.26. The SMILES string of the molecule is CC=NOC.[Y]. The van der Waals surface area contributed by atoms with Crippen LogP contribution in [0.5, 0.6) is 0 Å². The van der Waals surface area contributed by atoms with Gasteiger partial charge in [-0.25, -0.2) is 0 Å². The zero-order valence-electron chi connectivity index (χ0n) is 4.01. The quantitative estimate of drug-likeness (QED) is 0.409. The fourth-order valence-corrected chi connectivity index (χ4v) is 0.105. The van der Waals surface area contributed by atoms with Gasteiger partial charge in [-0.3, -0.25) is 0 Å². The number of rotatable bonds is 1. The molecule has 0 unspecified atom stereocenters. The molecule has 0 spiro atoms. The molecule has 0 aromatic rings. The monoisotopic (exact) mass is 162 g/mol. The second kappa shape index (κ2) is 9.13. The Balaban J connectivity index is 0. The van der Waals surface area contributed by atoms with Gasteiger partial charge in [0.05, 0.1) is 0 Å². The van der Waals surface area contributed by atoms with Crippen LogP contribution in [0.3, 0.4) is 0 Å². The maximum atomic E-state index is 4.26. The van der Waals surface area contributed by atoms with Crippen molar-refractivity contribution in [3.63, 3.8) is 0 Å². The van der Waals surface area contributed by atoms with Crippen LogP contribution in [0.4, 0.5) is 0 Å². The van der Waals surface area contributed by atoms with Crippen molar-refractivity contribution < 1.29 is 37.5 Å². The smallest absolute Gasteiger partial charge is 0.106 e. The van der Waals surface area contributed by atoms with Gasteiger partial charge in [0.1, 0.15) is 7.11 Å². The molecule has 0 N–H and O–H groups in total. The Bertz CT molecular complexity index is 37.8. The van der Waals surface area contributed by atoms with Gasteiger partial charge in [0.15, 0.2) is 0 Å². The Labute approximate surface area is 62.8 Å². The Morgan fingerprint density at radius 1 is 1.67 bits per heavy atom. The van der Waals surface area contributed by atoms with E-state index in [1.807, 2.05) is 0 Å². The summed E-state index contributed by atoms with van der Waals surface area (Å²) in [6.07, 6.45) is 1.58. The zero-order valence-corrected chi connectivity index (χ0v) is 6.85. The van der Waals surface area contributed by atoms with Gasteiger partial charge in [0.25, 0.3) is 0 Å². The summed E-state index contributed by atoms with van der Waals surface area (Å²) < 4.78 is 0. The van der Waals surface area contributed by atoms with E-state index in [1.165, 1.54) is 7.11 Å². The van der Waals surface area contributed by atoms with E-state index >= 15 is 0 Å². The third-order valence-electron chi connectivity index (χ3n) is 0.211. The zero-order chi connectivity index (χ0) is 4.12. The molecule has 0 fully saturated rings. The molecule has 0 aromatic carbocycles. The third-order valence-corrected chi connectivity index (χ3v) is 0.211. The second-order valence-electron chi connectivity index (χ2n) is 0.546. The summed E-state index contributed by atoms with van der Waals surface area (Å²) in [7, 11) is 1.51. The molecule has 3 heteroatoms. The van der Waals surface area contributed by atoms with Crippen LogP contribution in [0, 0.1) is 0 Å². The average Bonchev–Trinajstić information content (AvgIpc) is 1.41. The standard InChI is InChI=1S/C3H7NO.Y/c1-3-4-5-2;/h3H,1-2H3;. The predicted octanol–water partition coefficient (Wildman–Crippen LogP) is 0.636. The molecule has 0 aliphatic rings. The first-order valence-corrected chi connectivity index (χ1v) is 1.43. The van der Waals surface area contributed by atoms with Crippen molar-refractivity contribution >= 4 is 6.21 Å². The molecule has 0 bridgehead atoms. The summed E-state index contributed by atoms with van der Waals surface area (Å²) in [5.41, 5.74) is 0. The van der Waals surface area contributed by atoms with Crippen molar-refractivity contribution in [1.29, 1.82) is 0 Å². The molecule has 0 saturated carbocycles. The van der Waals surface area contributed by atoms with E-state index in [1.54, 1.807) is 13.1 Å². The summed E-state index contributed by atoms with van der Waals surface area (Å²) in [4.78, 5) is 4.26. The minimum Gasteiger partial charge on any atom is -0.399 e. The van der Waals surface area contributed by atoms with E-state index in [2.05, 4.69) is 9.99 Å². The summed E-state index contributed by atoms with van der Waals surface area (Å²) >= 11 is 0. The van der Waals surface area contributed by atoms with Crippen molar-refractivity contribution in [3.8, 4) is 0 Å². The van der Waals surface area contributed by atoms with E-state index < -0.39 is 0 Å². The van der Waals surface area contributed by atoms with Gasteiger partial charge < -0.3 is 4.84 Å². The van der Waals surface area contributed by atoms with Gasteiger partial charge in [0, 0.05) is 38.9 Å². The van der Waals surface area contributed by atoms with Crippen molar-refractivity contribution in [2.45, 2.75) is 6.92 Å². The molecular formula is C3H7NOY. The normalized spacial score (nSPS) is 7.67. The van der Waals surface area contributed by atoms with Crippen LogP contribution >= 0.6 is 0 Å². The first-order valence-electron chi connectivity index (χ1n) is 1.43. The molecule has 0 amide bonds. The van der Waals surface area contributed by atoms with Crippen LogP contribution in [0.15, 0.2) is 5.16 Å². The van der Waals surface area contributed by atoms with Gasteiger partial charge in [0.2, 0.25) is 0 Å². The van der Waals surface area contributed by atoms with Gasteiger partial charge >= 0.3 is 0 Å². The van der Waals surface area contributed by atoms with Crippen molar-refractivity contribution in [3.05, 3.63) is 0 Å². The van der Waals surface area contributed by atoms with E-state index in [0.717, 1.165) is 0 Å². The molecule has 0 aliphatic carbocycles. The average molecular weight is 162 g/mol. The van der Waals surface area contributed by atoms with Crippen LogP contribution in [-0.2, 0) is 37.5 Å². The molecule has 33 valence electrons. The Morgan fingerprint density at radius 3 is 2.17 bits per heavy atom. The molecule has 0 saturated heterocycles. The summed E-state index contributed by atoms with van der Waals surface area (Å²) in [5.74, 6) is 0. The molecule has 0 aromatic heterocycles. The van der Waals surface area contributed by atoms with E-state index in [4.69, 9.17) is 0 Å². The van der Waals surface area contributed by atoms with Crippen LogP contribution in [0.1, 0.15) is 6.92 Å². The largest absolute Gasteiger partial charge is 0.399 e. The molecule has 0 rings (SSSR count). The van der Waals surface area contributed by atoms with Crippen molar-refractivity contribution in [2.24, 2.45) is 5.16 Å². The predicted molar refractivity (Wildman–Crippen MR) is 21.2 cm³/mol. The summed E-state index contributed by atoms with van der Waals surface area (Å²) in [5, 5.41) is 3.35. The third kappa shape index (κ3) is 8.82. The summed E-state index contributed by atoms with van der Waals surface area (Å²) in [6.45, 7) is 1.80. The first-order chi connectivity index (χ1) is 2.41. The Morgan fingerprint density at radius 2 is 2.17 bits per heavy atom. The molecule has 6 heavy (non-hydrogen) atoms. The van der Waals surface area contributed by atoms with Crippen LogP contribution in [0.25, 0.3) is 0 Å². The number of hydrogen-bond donors (Lipinski definition) is 0. The maximum Gasteiger partial charge on any atom is 0.106 e. The van der Waals surface area contributed by atoms with Gasteiger partial charge in [-0.2, -0.15) is 0 Å². The van der Waals surface area contributed by atoms with Gasteiger partial charge in [-0.05, 0) is 6.92 Å². The summed E-state index contributed by atoms with van der Waals surface area (Å²) in [6, 6.07) is 0. The Hall–Kier alpha value is 0.574. The first kappa shape index (κ1) is 9.76. The van der Waals surface area contributed by atoms with E-state index in [9.17, 15) is 0 Å². The van der Waals surface area contributed by atoms with Crippen LogP contribution in [-0.4, -0.2) is 13.3 Å². The minimum absolute atomic E-state index is 0.